The number of rotatable bonds is 3. The van der Waals surface area contributed by atoms with E-state index in [4.69, 9.17) is 10.5 Å². The molecule has 0 bridgehead atoms. The molecule has 0 atom stereocenters. The summed E-state index contributed by atoms with van der Waals surface area (Å²) in [5.74, 6) is 1.24. The summed E-state index contributed by atoms with van der Waals surface area (Å²) in [5.41, 5.74) is 7.32. The molecule has 0 radical (unpaired) electrons. The van der Waals surface area contributed by atoms with Crippen molar-refractivity contribution in [3.05, 3.63) is 57.3 Å². The van der Waals surface area contributed by atoms with Crippen LogP contribution in [0.5, 0.6) is 5.75 Å². The highest BCUT2D eigenvalue weighted by molar-refractivity contribution is 7.15. The minimum Gasteiger partial charge on any atom is -0.497 e. The molecular formula is C14H13N3O2S. The van der Waals surface area contributed by atoms with E-state index in [-0.39, 0.29) is 5.56 Å². The van der Waals surface area contributed by atoms with Crippen LogP contribution < -0.4 is 16.0 Å². The Bertz CT molecular complexity index is 805. The maximum atomic E-state index is 12.1. The average Bonchev–Trinajstić information content (AvgIpc) is 2.92. The zero-order valence-corrected chi connectivity index (χ0v) is 11.7. The summed E-state index contributed by atoms with van der Waals surface area (Å²) in [6.07, 6.45) is 2.28. The molecule has 2 heterocycles. The fourth-order valence-corrected chi connectivity index (χ4v) is 2.77. The van der Waals surface area contributed by atoms with Crippen LogP contribution in [0.25, 0.3) is 4.96 Å². The first kappa shape index (κ1) is 12.7. The van der Waals surface area contributed by atoms with Gasteiger partial charge in [0.15, 0.2) is 4.96 Å². The highest BCUT2D eigenvalue weighted by Gasteiger charge is 2.11. The van der Waals surface area contributed by atoms with Crippen LogP contribution in [0, 0.1) is 0 Å². The fourth-order valence-electron chi connectivity index (χ4n) is 2.06. The second-order valence-electron chi connectivity index (χ2n) is 4.36. The molecule has 20 heavy (non-hydrogen) atoms. The summed E-state index contributed by atoms with van der Waals surface area (Å²) in [7, 11) is 1.62. The molecule has 3 aromatic rings. The smallest absolute Gasteiger partial charge is 0.279 e. The van der Waals surface area contributed by atoms with Gasteiger partial charge in [0.25, 0.3) is 5.56 Å². The van der Waals surface area contributed by atoms with Crippen LogP contribution in [-0.4, -0.2) is 16.5 Å². The number of benzene rings is 1. The lowest BCUT2D eigenvalue weighted by Gasteiger charge is -2.07. The average molecular weight is 287 g/mol. The second-order valence-corrected chi connectivity index (χ2v) is 5.23. The maximum Gasteiger partial charge on any atom is 0.279 e. The molecule has 0 fully saturated rings. The molecule has 0 aliphatic carbocycles. The largest absolute Gasteiger partial charge is 0.497 e. The Labute approximate surface area is 119 Å². The predicted molar refractivity (Wildman–Crippen MR) is 79.6 cm³/mol. The Hall–Kier alpha value is -2.34. The van der Waals surface area contributed by atoms with Gasteiger partial charge < -0.3 is 10.5 Å². The third-order valence-corrected chi connectivity index (χ3v) is 3.91. The zero-order valence-electron chi connectivity index (χ0n) is 10.9. The van der Waals surface area contributed by atoms with Crippen LogP contribution in [0.2, 0.25) is 0 Å². The van der Waals surface area contributed by atoms with E-state index in [0.29, 0.717) is 22.8 Å². The van der Waals surface area contributed by atoms with E-state index in [0.717, 1.165) is 11.3 Å². The van der Waals surface area contributed by atoms with E-state index in [1.807, 2.05) is 35.8 Å². The maximum absolute atomic E-state index is 12.1. The van der Waals surface area contributed by atoms with Gasteiger partial charge in [0.05, 0.1) is 12.7 Å². The summed E-state index contributed by atoms with van der Waals surface area (Å²) in [6, 6.07) is 7.56. The van der Waals surface area contributed by atoms with Gasteiger partial charge in [-0.2, -0.15) is 4.98 Å². The van der Waals surface area contributed by atoms with E-state index in [1.54, 1.807) is 11.5 Å². The number of nitrogens with two attached hydrogens (primary N) is 1. The first-order valence-corrected chi connectivity index (χ1v) is 6.94. The number of hydrogen-bond donors (Lipinski definition) is 1. The van der Waals surface area contributed by atoms with Crippen molar-refractivity contribution in [1.29, 1.82) is 0 Å². The SMILES string of the molecule is COc1ccc(Cc2c(N)n3ccsc3nc2=O)cc1. The van der Waals surface area contributed by atoms with Crippen molar-refractivity contribution in [2.24, 2.45) is 0 Å². The number of hydrogen-bond acceptors (Lipinski definition) is 5. The number of fused-ring (bicyclic) bond motifs is 1. The first-order valence-electron chi connectivity index (χ1n) is 6.06. The van der Waals surface area contributed by atoms with Crippen molar-refractivity contribution in [2.45, 2.75) is 6.42 Å². The van der Waals surface area contributed by atoms with Crippen LogP contribution in [0.1, 0.15) is 11.1 Å². The van der Waals surface area contributed by atoms with Crippen LogP contribution in [0.4, 0.5) is 5.82 Å². The van der Waals surface area contributed by atoms with Crippen LogP contribution in [0.3, 0.4) is 0 Å². The number of anilines is 1. The van der Waals surface area contributed by atoms with Crippen LogP contribution in [-0.2, 0) is 6.42 Å². The molecule has 0 amide bonds. The topological polar surface area (TPSA) is 69.6 Å². The number of methoxy groups -OCH3 is 1. The lowest BCUT2D eigenvalue weighted by atomic mass is 10.1. The van der Waals surface area contributed by atoms with Gasteiger partial charge in [-0.3, -0.25) is 9.20 Å². The minimum atomic E-state index is -0.263. The van der Waals surface area contributed by atoms with E-state index in [1.165, 1.54) is 11.3 Å². The van der Waals surface area contributed by atoms with Gasteiger partial charge >= 0.3 is 0 Å². The van der Waals surface area contributed by atoms with Crippen molar-refractivity contribution in [3.8, 4) is 5.75 Å². The van der Waals surface area contributed by atoms with Gasteiger partial charge in [-0.25, -0.2) is 0 Å². The van der Waals surface area contributed by atoms with Gasteiger partial charge in [-0.05, 0) is 17.7 Å². The molecule has 2 N–H and O–H groups in total. The first-order chi connectivity index (χ1) is 9.69. The van der Waals surface area contributed by atoms with E-state index >= 15 is 0 Å². The Kier molecular flexibility index (Phi) is 3.15. The molecule has 102 valence electrons. The van der Waals surface area contributed by atoms with Gasteiger partial charge in [-0.1, -0.05) is 12.1 Å². The van der Waals surface area contributed by atoms with Gasteiger partial charge in [0, 0.05) is 18.0 Å². The summed E-state index contributed by atoms with van der Waals surface area (Å²) in [6.45, 7) is 0. The van der Waals surface area contributed by atoms with Crippen LogP contribution >= 0.6 is 11.3 Å². The van der Waals surface area contributed by atoms with Crippen molar-refractivity contribution >= 4 is 22.1 Å². The van der Waals surface area contributed by atoms with Gasteiger partial charge in [0.1, 0.15) is 11.6 Å². The van der Waals surface area contributed by atoms with Crippen molar-refractivity contribution in [2.75, 3.05) is 12.8 Å². The lowest BCUT2D eigenvalue weighted by Crippen LogP contribution is -2.18. The predicted octanol–water partition coefficient (Wildman–Crippen LogP) is 1.94. The van der Waals surface area contributed by atoms with Crippen LogP contribution in [0.15, 0.2) is 40.6 Å². The lowest BCUT2D eigenvalue weighted by molar-refractivity contribution is 0.414. The summed E-state index contributed by atoms with van der Waals surface area (Å²) < 4.78 is 6.85. The molecule has 6 heteroatoms. The highest BCUT2D eigenvalue weighted by atomic mass is 32.1. The standard InChI is InChI=1S/C14H13N3O2S/c1-19-10-4-2-9(3-5-10)8-11-12(15)17-6-7-20-14(17)16-13(11)18/h2-7H,8,15H2,1H3. The van der Waals surface area contributed by atoms with E-state index < -0.39 is 0 Å². The molecule has 0 spiro atoms. The van der Waals surface area contributed by atoms with Crippen molar-refractivity contribution in [3.63, 3.8) is 0 Å². The van der Waals surface area contributed by atoms with Gasteiger partial charge in [0.2, 0.25) is 0 Å². The molecule has 0 unspecified atom stereocenters. The number of thiazole rings is 1. The third kappa shape index (κ3) is 2.14. The molecule has 2 aromatic heterocycles. The molecular weight excluding hydrogens is 274 g/mol. The number of nitrogen functional groups attached to an aromatic ring is 1. The minimum absolute atomic E-state index is 0.263. The van der Waals surface area contributed by atoms with Crippen molar-refractivity contribution < 1.29 is 4.74 Å². The second kappa shape index (κ2) is 4.97. The number of nitrogens with zero attached hydrogens (tertiary/aromatic N) is 2. The molecule has 3 rings (SSSR count). The monoisotopic (exact) mass is 287 g/mol. The molecule has 5 nitrogen and oxygen atoms in total. The van der Waals surface area contributed by atoms with Gasteiger partial charge in [-0.15, -0.1) is 11.3 Å². The quantitative estimate of drug-likeness (QED) is 0.799. The summed E-state index contributed by atoms with van der Waals surface area (Å²) >= 11 is 1.39. The zero-order chi connectivity index (χ0) is 14.1. The Balaban J connectivity index is 2.03. The van der Waals surface area contributed by atoms with E-state index in [9.17, 15) is 4.79 Å². The van der Waals surface area contributed by atoms with Crippen molar-refractivity contribution in [1.82, 2.24) is 9.38 Å². The fraction of sp³-hybridized carbons (Fsp3) is 0.143. The molecule has 0 aliphatic heterocycles. The molecule has 1 aromatic carbocycles. The molecule has 0 aliphatic rings. The normalized spacial score (nSPS) is 10.8. The third-order valence-electron chi connectivity index (χ3n) is 3.15. The Morgan fingerprint density at radius 3 is 2.80 bits per heavy atom. The van der Waals surface area contributed by atoms with E-state index in [2.05, 4.69) is 4.98 Å². The molecule has 0 saturated carbocycles. The Morgan fingerprint density at radius 2 is 2.10 bits per heavy atom. The molecule has 0 saturated heterocycles. The Morgan fingerprint density at radius 1 is 1.35 bits per heavy atom. The number of ether oxygens (including phenoxy) is 1. The highest BCUT2D eigenvalue weighted by Crippen LogP contribution is 2.18. The summed E-state index contributed by atoms with van der Waals surface area (Å²) in [5, 5.41) is 1.86. The number of aromatic nitrogens is 2. The summed E-state index contributed by atoms with van der Waals surface area (Å²) in [4.78, 5) is 16.7.